The summed E-state index contributed by atoms with van der Waals surface area (Å²) >= 11 is 0. The highest BCUT2D eigenvalue weighted by Crippen LogP contribution is 2.37. The number of amides is 1. The van der Waals surface area contributed by atoms with Crippen molar-refractivity contribution in [3.63, 3.8) is 0 Å². The summed E-state index contributed by atoms with van der Waals surface area (Å²) in [6.45, 7) is 9.20. The first-order valence-electron chi connectivity index (χ1n) is 15.4. The molecule has 1 aliphatic carbocycles. The van der Waals surface area contributed by atoms with Gasteiger partial charge in [-0.1, -0.05) is 20.8 Å². The number of hydrogen-bond donors (Lipinski definition) is 3. The van der Waals surface area contributed by atoms with Crippen LogP contribution in [-0.4, -0.2) is 61.9 Å². The summed E-state index contributed by atoms with van der Waals surface area (Å²) in [5.41, 5.74) is -0.486. The van der Waals surface area contributed by atoms with Gasteiger partial charge in [0.25, 0.3) is 11.5 Å². The van der Waals surface area contributed by atoms with Crippen molar-refractivity contribution in [2.24, 2.45) is 5.41 Å². The van der Waals surface area contributed by atoms with E-state index in [0.29, 0.717) is 71.0 Å². The lowest BCUT2D eigenvalue weighted by atomic mass is 9.91. The number of anilines is 1. The zero-order chi connectivity index (χ0) is 34.1. The van der Waals surface area contributed by atoms with Crippen LogP contribution in [0.25, 0.3) is 10.9 Å². The number of ether oxygens (including phenoxy) is 3. The minimum atomic E-state index is -1.34. The SMILES string of the molecule is COc1cc2c(Oc3ccc(NC(=O)c4cc5c(n(CC(C)(C)C)c4=O)CCCC5=O)nc3)ccnc2cc1OC[C@H](O)C(C)(C)O. The molecule has 0 saturated heterocycles. The van der Waals surface area contributed by atoms with E-state index in [2.05, 4.69) is 15.3 Å². The molecule has 12 heteroatoms. The minimum Gasteiger partial charge on any atom is -0.493 e. The molecule has 0 saturated carbocycles. The van der Waals surface area contributed by atoms with Crippen molar-refractivity contribution < 1.29 is 34.0 Å². The second kappa shape index (κ2) is 13.1. The molecule has 0 radical (unpaired) electrons. The van der Waals surface area contributed by atoms with Gasteiger partial charge < -0.3 is 34.3 Å². The number of nitrogens with zero attached hydrogens (tertiary/aromatic N) is 3. The Bertz CT molecular complexity index is 1870. The Morgan fingerprint density at radius 3 is 2.45 bits per heavy atom. The molecule has 4 aromatic rings. The number of benzene rings is 1. The topological polar surface area (TPSA) is 162 Å². The van der Waals surface area contributed by atoms with Crippen molar-refractivity contribution in [3.05, 3.63) is 76.0 Å². The number of Topliss-reactive ketones (excluding diaryl/α,β-unsaturated/α-hetero) is 1. The lowest BCUT2D eigenvalue weighted by molar-refractivity contribution is -0.0663. The number of rotatable bonds is 10. The van der Waals surface area contributed by atoms with Crippen LogP contribution in [0.15, 0.2) is 53.6 Å². The van der Waals surface area contributed by atoms with Crippen LogP contribution in [-0.2, 0) is 13.0 Å². The maximum atomic E-state index is 13.5. The Morgan fingerprint density at radius 2 is 1.79 bits per heavy atom. The molecule has 3 aromatic heterocycles. The molecule has 47 heavy (non-hydrogen) atoms. The van der Waals surface area contributed by atoms with Crippen molar-refractivity contribution in [2.45, 2.75) is 72.1 Å². The van der Waals surface area contributed by atoms with E-state index in [1.54, 1.807) is 41.1 Å². The normalized spacial score (nSPS) is 14.0. The van der Waals surface area contributed by atoms with Gasteiger partial charge in [-0.2, -0.15) is 0 Å². The van der Waals surface area contributed by atoms with E-state index in [1.807, 2.05) is 20.8 Å². The molecule has 0 spiro atoms. The lowest BCUT2D eigenvalue weighted by Crippen LogP contribution is -2.40. The molecule has 0 unspecified atom stereocenters. The minimum absolute atomic E-state index is 0.0721. The fourth-order valence-corrected chi connectivity index (χ4v) is 5.26. The molecule has 0 bridgehead atoms. The summed E-state index contributed by atoms with van der Waals surface area (Å²) in [6, 6.07) is 9.61. The van der Waals surface area contributed by atoms with Crippen LogP contribution in [0.3, 0.4) is 0 Å². The van der Waals surface area contributed by atoms with Gasteiger partial charge in [0.15, 0.2) is 17.3 Å². The molecule has 1 amide bonds. The monoisotopic (exact) mass is 644 g/mol. The van der Waals surface area contributed by atoms with Gasteiger partial charge >= 0.3 is 0 Å². The van der Waals surface area contributed by atoms with E-state index in [-0.39, 0.29) is 29.2 Å². The van der Waals surface area contributed by atoms with Crippen LogP contribution < -0.4 is 25.1 Å². The third kappa shape index (κ3) is 7.61. The molecule has 12 nitrogen and oxygen atoms in total. The maximum absolute atomic E-state index is 13.5. The highest BCUT2D eigenvalue weighted by molar-refractivity contribution is 6.06. The van der Waals surface area contributed by atoms with Crippen LogP contribution in [0.1, 0.15) is 73.9 Å². The number of aromatic nitrogens is 3. The average Bonchev–Trinajstić information content (AvgIpc) is 3.01. The van der Waals surface area contributed by atoms with E-state index >= 15 is 0 Å². The molecule has 1 aliphatic rings. The highest BCUT2D eigenvalue weighted by atomic mass is 16.5. The zero-order valence-electron chi connectivity index (χ0n) is 27.4. The first-order chi connectivity index (χ1) is 22.1. The van der Waals surface area contributed by atoms with Gasteiger partial charge in [0.05, 0.1) is 24.4 Å². The Labute approximate surface area is 272 Å². The second-order valence-electron chi connectivity index (χ2n) is 13.4. The fourth-order valence-electron chi connectivity index (χ4n) is 5.26. The smallest absolute Gasteiger partial charge is 0.263 e. The van der Waals surface area contributed by atoms with Crippen molar-refractivity contribution in [2.75, 3.05) is 19.0 Å². The number of aliphatic hydroxyl groups excluding tert-OH is 1. The molecule has 248 valence electrons. The molecule has 0 aliphatic heterocycles. The van der Waals surface area contributed by atoms with Gasteiger partial charge in [0.1, 0.15) is 35.6 Å². The van der Waals surface area contributed by atoms with E-state index in [9.17, 15) is 24.6 Å². The molecule has 1 aromatic carbocycles. The van der Waals surface area contributed by atoms with Crippen molar-refractivity contribution >= 4 is 28.4 Å². The number of carbonyl (C=O) groups excluding carboxylic acids is 2. The van der Waals surface area contributed by atoms with Crippen LogP contribution in [0.5, 0.6) is 23.0 Å². The predicted octanol–water partition coefficient (Wildman–Crippen LogP) is 4.92. The first kappa shape index (κ1) is 33.6. The molecule has 1 atom stereocenters. The highest BCUT2D eigenvalue weighted by Gasteiger charge is 2.28. The number of hydrogen-bond acceptors (Lipinski definition) is 10. The number of pyridine rings is 3. The van der Waals surface area contributed by atoms with Crippen molar-refractivity contribution in [1.29, 1.82) is 0 Å². The average molecular weight is 645 g/mol. The lowest BCUT2D eigenvalue weighted by Gasteiger charge is -2.26. The van der Waals surface area contributed by atoms with Crippen LogP contribution in [0, 0.1) is 5.41 Å². The van der Waals surface area contributed by atoms with Gasteiger partial charge in [-0.3, -0.25) is 19.4 Å². The van der Waals surface area contributed by atoms with E-state index in [1.165, 1.54) is 33.2 Å². The first-order valence-corrected chi connectivity index (χ1v) is 15.4. The summed E-state index contributed by atoms with van der Waals surface area (Å²) in [7, 11) is 1.48. The predicted molar refractivity (Wildman–Crippen MR) is 176 cm³/mol. The standard InChI is InChI=1S/C35H40N4O8/c1-34(2,3)19-39-25-8-7-9-26(40)22(25)14-23(33(39)43)32(42)38-31-11-10-20(17-37-31)47-27-12-13-36-24-16-29(28(45-6)15-21(24)27)46-18-30(41)35(4,5)44/h10-17,30,41,44H,7-9,18-19H2,1-6H3,(H,37,38,42)/t30-/m0/s1. The van der Waals surface area contributed by atoms with Crippen LogP contribution in [0.4, 0.5) is 5.82 Å². The largest absolute Gasteiger partial charge is 0.493 e. The molecule has 0 fully saturated rings. The number of aliphatic hydroxyl groups is 2. The molecule has 3 heterocycles. The Kier molecular flexibility index (Phi) is 9.37. The zero-order valence-corrected chi connectivity index (χ0v) is 27.4. The van der Waals surface area contributed by atoms with Gasteiger partial charge in [-0.05, 0) is 62.4 Å². The summed E-state index contributed by atoms with van der Waals surface area (Å²) in [4.78, 5) is 48.3. The molecule has 3 N–H and O–H groups in total. The molecular formula is C35H40N4O8. The number of carbonyl (C=O) groups is 2. The van der Waals surface area contributed by atoms with E-state index in [4.69, 9.17) is 14.2 Å². The van der Waals surface area contributed by atoms with Gasteiger partial charge in [-0.25, -0.2) is 4.98 Å². The van der Waals surface area contributed by atoms with E-state index < -0.39 is 23.2 Å². The van der Waals surface area contributed by atoms with Crippen molar-refractivity contribution in [1.82, 2.24) is 14.5 Å². The third-order valence-electron chi connectivity index (χ3n) is 7.80. The summed E-state index contributed by atoms with van der Waals surface area (Å²) in [5, 5.41) is 23.5. The van der Waals surface area contributed by atoms with E-state index in [0.717, 1.165) is 0 Å². The number of ketones is 1. The van der Waals surface area contributed by atoms with Gasteiger partial charge in [-0.15, -0.1) is 0 Å². The van der Waals surface area contributed by atoms with Crippen LogP contribution >= 0.6 is 0 Å². The number of nitrogens with one attached hydrogen (secondary N) is 1. The number of fused-ring (bicyclic) bond motifs is 2. The molecular weight excluding hydrogens is 604 g/mol. The summed E-state index contributed by atoms with van der Waals surface area (Å²) < 4.78 is 18.9. The van der Waals surface area contributed by atoms with Gasteiger partial charge in [0, 0.05) is 41.9 Å². The third-order valence-corrected chi connectivity index (χ3v) is 7.80. The quantitative estimate of drug-likeness (QED) is 0.216. The Hall–Kier alpha value is -4.81. The summed E-state index contributed by atoms with van der Waals surface area (Å²) in [5.74, 6) is 1.01. The number of methoxy groups -OCH3 is 1. The maximum Gasteiger partial charge on any atom is 0.263 e. The van der Waals surface area contributed by atoms with Gasteiger partial charge in [0.2, 0.25) is 0 Å². The second-order valence-corrected chi connectivity index (χ2v) is 13.4. The summed E-state index contributed by atoms with van der Waals surface area (Å²) in [6.07, 6.45) is 3.54. The Morgan fingerprint density at radius 1 is 1.02 bits per heavy atom. The molecule has 5 rings (SSSR count). The fraction of sp³-hybridized carbons (Fsp3) is 0.400. The van der Waals surface area contributed by atoms with Crippen molar-refractivity contribution in [3.8, 4) is 23.0 Å². The van der Waals surface area contributed by atoms with Crippen LogP contribution in [0.2, 0.25) is 0 Å². The Balaban J connectivity index is 1.35.